The molecule has 2 aromatic rings. The van der Waals surface area contributed by atoms with Gasteiger partial charge in [0.15, 0.2) is 0 Å². The maximum atomic E-state index is 5.45. The van der Waals surface area contributed by atoms with Crippen molar-refractivity contribution >= 4 is 5.82 Å². The summed E-state index contributed by atoms with van der Waals surface area (Å²) in [4.78, 5) is 8.40. The van der Waals surface area contributed by atoms with Crippen LogP contribution in [0.1, 0.15) is 0 Å². The minimum absolute atomic E-state index is 0.563. The molecule has 0 fully saturated rings. The number of nitrogens with one attached hydrogen (secondary N) is 1. The van der Waals surface area contributed by atoms with Gasteiger partial charge in [0, 0.05) is 24.7 Å². The van der Waals surface area contributed by atoms with Gasteiger partial charge in [0.1, 0.15) is 17.9 Å². The van der Waals surface area contributed by atoms with Crippen LogP contribution in [0.5, 0.6) is 5.75 Å². The maximum Gasteiger partial charge on any atom is 0.130 e. The quantitative estimate of drug-likeness (QED) is 0.834. The molecular formula is C13H16N4O. The minimum atomic E-state index is 0.563. The molecule has 0 aliphatic heterocycles. The Morgan fingerprint density at radius 2 is 2.11 bits per heavy atom. The number of ether oxygens (including phenoxy) is 1. The molecule has 0 radical (unpaired) electrons. The molecule has 0 aliphatic rings. The molecule has 18 heavy (non-hydrogen) atoms. The van der Waals surface area contributed by atoms with Crippen molar-refractivity contribution in [2.24, 2.45) is 5.73 Å². The summed E-state index contributed by atoms with van der Waals surface area (Å²) in [5, 5.41) is 3.13. The average molecular weight is 244 g/mol. The number of para-hydroxylation sites is 1. The number of methoxy groups -OCH3 is 1. The molecule has 0 aliphatic carbocycles. The van der Waals surface area contributed by atoms with E-state index in [1.54, 1.807) is 7.11 Å². The number of aromatic nitrogens is 2. The highest BCUT2D eigenvalue weighted by molar-refractivity contribution is 5.68. The minimum Gasteiger partial charge on any atom is -0.496 e. The largest absolute Gasteiger partial charge is 0.496 e. The van der Waals surface area contributed by atoms with E-state index in [-0.39, 0.29) is 0 Å². The molecule has 3 N–H and O–H groups in total. The molecule has 0 saturated heterocycles. The van der Waals surface area contributed by atoms with Crippen LogP contribution in [0.2, 0.25) is 0 Å². The van der Waals surface area contributed by atoms with Crippen molar-refractivity contribution in [3.63, 3.8) is 0 Å². The van der Waals surface area contributed by atoms with E-state index in [0.29, 0.717) is 13.1 Å². The van der Waals surface area contributed by atoms with E-state index >= 15 is 0 Å². The van der Waals surface area contributed by atoms with E-state index in [2.05, 4.69) is 15.3 Å². The Kier molecular flexibility index (Phi) is 4.09. The van der Waals surface area contributed by atoms with Gasteiger partial charge >= 0.3 is 0 Å². The number of nitrogens with zero attached hydrogens (tertiary/aromatic N) is 2. The third-order valence-corrected chi connectivity index (χ3v) is 2.50. The normalized spacial score (nSPS) is 10.1. The zero-order valence-corrected chi connectivity index (χ0v) is 10.3. The number of nitrogens with two attached hydrogens (primary N) is 1. The summed E-state index contributed by atoms with van der Waals surface area (Å²) in [5.41, 5.74) is 7.21. The molecular weight excluding hydrogens is 228 g/mol. The van der Waals surface area contributed by atoms with Gasteiger partial charge < -0.3 is 15.8 Å². The Bertz CT molecular complexity index is 516. The molecule has 1 aromatic heterocycles. The first kappa shape index (κ1) is 12.3. The van der Waals surface area contributed by atoms with Gasteiger partial charge in [-0.2, -0.15) is 0 Å². The van der Waals surface area contributed by atoms with Crippen molar-refractivity contribution in [2.45, 2.75) is 0 Å². The molecule has 0 spiro atoms. The van der Waals surface area contributed by atoms with Crippen LogP contribution < -0.4 is 15.8 Å². The summed E-state index contributed by atoms with van der Waals surface area (Å²) in [6, 6.07) is 9.63. The van der Waals surface area contributed by atoms with E-state index in [4.69, 9.17) is 10.5 Å². The molecule has 5 nitrogen and oxygen atoms in total. The predicted molar refractivity (Wildman–Crippen MR) is 71.6 cm³/mol. The van der Waals surface area contributed by atoms with Crippen LogP contribution in [0, 0.1) is 0 Å². The lowest BCUT2D eigenvalue weighted by atomic mass is 10.1. The predicted octanol–water partition coefficient (Wildman–Crippen LogP) is 1.52. The highest BCUT2D eigenvalue weighted by Gasteiger charge is 2.07. The van der Waals surface area contributed by atoms with Crippen molar-refractivity contribution in [1.82, 2.24) is 9.97 Å². The van der Waals surface area contributed by atoms with Crippen molar-refractivity contribution in [2.75, 3.05) is 25.5 Å². The Morgan fingerprint density at radius 3 is 2.89 bits per heavy atom. The van der Waals surface area contributed by atoms with E-state index < -0.39 is 0 Å². The third-order valence-electron chi connectivity index (χ3n) is 2.50. The summed E-state index contributed by atoms with van der Waals surface area (Å²) >= 11 is 0. The smallest absolute Gasteiger partial charge is 0.130 e. The second kappa shape index (κ2) is 5.97. The maximum absolute atomic E-state index is 5.45. The molecule has 1 heterocycles. The van der Waals surface area contributed by atoms with Gasteiger partial charge in [-0.25, -0.2) is 9.97 Å². The Hall–Kier alpha value is -2.14. The molecule has 0 saturated carbocycles. The number of anilines is 1. The number of benzene rings is 1. The molecule has 0 bridgehead atoms. The SMILES string of the molecule is COc1ccccc1-c1cc(NCCN)ncn1. The molecule has 0 amide bonds. The second-order valence-electron chi connectivity index (χ2n) is 3.70. The molecule has 0 atom stereocenters. The highest BCUT2D eigenvalue weighted by atomic mass is 16.5. The fraction of sp³-hybridized carbons (Fsp3) is 0.231. The van der Waals surface area contributed by atoms with Gasteiger partial charge in [-0.05, 0) is 12.1 Å². The third kappa shape index (κ3) is 2.75. The second-order valence-corrected chi connectivity index (χ2v) is 3.70. The van der Waals surface area contributed by atoms with Gasteiger partial charge in [0.2, 0.25) is 0 Å². The van der Waals surface area contributed by atoms with Crippen LogP contribution in [0.25, 0.3) is 11.3 Å². The lowest BCUT2D eigenvalue weighted by Gasteiger charge is -2.09. The topological polar surface area (TPSA) is 73.1 Å². The van der Waals surface area contributed by atoms with Crippen LogP contribution in [0.3, 0.4) is 0 Å². The Balaban J connectivity index is 2.32. The van der Waals surface area contributed by atoms with E-state index in [0.717, 1.165) is 22.8 Å². The lowest BCUT2D eigenvalue weighted by Crippen LogP contribution is -2.13. The summed E-state index contributed by atoms with van der Waals surface area (Å²) in [7, 11) is 1.65. The monoisotopic (exact) mass is 244 g/mol. The van der Waals surface area contributed by atoms with Gasteiger partial charge in [-0.3, -0.25) is 0 Å². The van der Waals surface area contributed by atoms with Crippen molar-refractivity contribution < 1.29 is 4.74 Å². The van der Waals surface area contributed by atoms with Crippen LogP contribution in [0.4, 0.5) is 5.82 Å². The zero-order valence-electron chi connectivity index (χ0n) is 10.3. The average Bonchev–Trinajstić information content (AvgIpc) is 2.45. The fourth-order valence-electron chi connectivity index (χ4n) is 1.66. The van der Waals surface area contributed by atoms with Gasteiger partial charge in [-0.1, -0.05) is 12.1 Å². The van der Waals surface area contributed by atoms with Crippen LogP contribution >= 0.6 is 0 Å². The van der Waals surface area contributed by atoms with Crippen LogP contribution in [0.15, 0.2) is 36.7 Å². The van der Waals surface area contributed by atoms with E-state index in [9.17, 15) is 0 Å². The van der Waals surface area contributed by atoms with Crippen molar-refractivity contribution in [3.8, 4) is 17.0 Å². The summed E-state index contributed by atoms with van der Waals surface area (Å²) < 4.78 is 5.32. The van der Waals surface area contributed by atoms with Crippen LogP contribution in [-0.4, -0.2) is 30.2 Å². The first-order chi connectivity index (χ1) is 8.85. The fourth-order valence-corrected chi connectivity index (χ4v) is 1.66. The first-order valence-corrected chi connectivity index (χ1v) is 5.74. The Morgan fingerprint density at radius 1 is 1.28 bits per heavy atom. The Labute approximate surface area is 106 Å². The number of hydrogen-bond acceptors (Lipinski definition) is 5. The lowest BCUT2D eigenvalue weighted by molar-refractivity contribution is 0.416. The zero-order chi connectivity index (χ0) is 12.8. The van der Waals surface area contributed by atoms with E-state index in [1.165, 1.54) is 6.33 Å². The standard InChI is InChI=1S/C13H16N4O/c1-18-12-5-3-2-4-10(12)11-8-13(15-7-6-14)17-9-16-11/h2-5,8-9H,6-7,14H2,1H3,(H,15,16,17). The van der Waals surface area contributed by atoms with E-state index in [1.807, 2.05) is 30.3 Å². The molecule has 5 heteroatoms. The summed E-state index contributed by atoms with van der Waals surface area (Å²) in [6.45, 7) is 1.25. The highest BCUT2D eigenvalue weighted by Crippen LogP contribution is 2.28. The summed E-state index contributed by atoms with van der Waals surface area (Å²) in [5.74, 6) is 1.55. The molecule has 0 unspecified atom stereocenters. The van der Waals surface area contributed by atoms with Crippen molar-refractivity contribution in [1.29, 1.82) is 0 Å². The van der Waals surface area contributed by atoms with Crippen molar-refractivity contribution in [3.05, 3.63) is 36.7 Å². The molecule has 1 aromatic carbocycles. The van der Waals surface area contributed by atoms with Gasteiger partial charge in [0.25, 0.3) is 0 Å². The summed E-state index contributed by atoms with van der Waals surface area (Å²) in [6.07, 6.45) is 1.53. The molecule has 94 valence electrons. The first-order valence-electron chi connectivity index (χ1n) is 5.74. The van der Waals surface area contributed by atoms with Gasteiger partial charge in [-0.15, -0.1) is 0 Å². The van der Waals surface area contributed by atoms with Crippen LogP contribution in [-0.2, 0) is 0 Å². The number of rotatable bonds is 5. The number of hydrogen-bond donors (Lipinski definition) is 2. The van der Waals surface area contributed by atoms with Gasteiger partial charge in [0.05, 0.1) is 12.8 Å². The molecule has 2 rings (SSSR count).